The predicted molar refractivity (Wildman–Crippen MR) is 94.7 cm³/mol. The molecule has 2 aliphatic heterocycles. The molecule has 2 aliphatic rings. The molecular weight excluding hydrogens is 316 g/mol. The highest BCUT2D eigenvalue weighted by atomic mass is 16.5. The standard InChI is InChI=1S/C19H22N4O2/c1-13(24)21-19-3-2-15-4-7-23(8-5-16(15)22-19)12-14-10-18-17(20-11-14)6-9-25-18/h2-3,10-11H,4-9,12H2,1H3,(H,21,22,24). The molecule has 0 aromatic carbocycles. The van der Waals surface area contributed by atoms with Gasteiger partial charge in [0.2, 0.25) is 5.91 Å². The summed E-state index contributed by atoms with van der Waals surface area (Å²) in [5.74, 6) is 1.49. The molecule has 6 heteroatoms. The summed E-state index contributed by atoms with van der Waals surface area (Å²) in [5, 5.41) is 2.76. The number of nitrogens with zero attached hydrogens (tertiary/aromatic N) is 3. The van der Waals surface area contributed by atoms with Gasteiger partial charge in [0.1, 0.15) is 11.6 Å². The number of carbonyl (C=O) groups is 1. The van der Waals surface area contributed by atoms with Gasteiger partial charge in [-0.3, -0.25) is 14.7 Å². The van der Waals surface area contributed by atoms with E-state index in [0.29, 0.717) is 5.82 Å². The molecule has 0 spiro atoms. The zero-order chi connectivity index (χ0) is 17.2. The number of ether oxygens (including phenoxy) is 1. The monoisotopic (exact) mass is 338 g/mol. The van der Waals surface area contributed by atoms with Crippen molar-refractivity contribution >= 4 is 11.7 Å². The zero-order valence-corrected chi connectivity index (χ0v) is 14.4. The second kappa shape index (κ2) is 6.80. The van der Waals surface area contributed by atoms with Crippen LogP contribution in [0.15, 0.2) is 24.4 Å². The van der Waals surface area contributed by atoms with Gasteiger partial charge in [0.05, 0.1) is 12.3 Å². The first kappa shape index (κ1) is 16.0. The number of anilines is 1. The summed E-state index contributed by atoms with van der Waals surface area (Å²) < 4.78 is 5.62. The first-order valence-electron chi connectivity index (χ1n) is 8.77. The number of carbonyl (C=O) groups excluding carboxylic acids is 1. The average Bonchev–Trinajstić information content (AvgIpc) is 2.96. The van der Waals surface area contributed by atoms with Crippen molar-refractivity contribution in [2.75, 3.05) is 25.0 Å². The van der Waals surface area contributed by atoms with Crippen LogP contribution in [0.4, 0.5) is 5.82 Å². The third kappa shape index (κ3) is 3.64. The third-order valence-corrected chi connectivity index (χ3v) is 4.72. The Bertz CT molecular complexity index is 806. The van der Waals surface area contributed by atoms with Crippen molar-refractivity contribution in [1.29, 1.82) is 0 Å². The predicted octanol–water partition coefficient (Wildman–Crippen LogP) is 1.97. The topological polar surface area (TPSA) is 67.4 Å². The van der Waals surface area contributed by atoms with E-state index in [2.05, 4.69) is 32.3 Å². The lowest BCUT2D eigenvalue weighted by Gasteiger charge is -2.19. The molecule has 0 aliphatic carbocycles. The lowest BCUT2D eigenvalue weighted by Crippen LogP contribution is -2.26. The van der Waals surface area contributed by atoms with Crippen LogP contribution in [0.25, 0.3) is 0 Å². The van der Waals surface area contributed by atoms with Gasteiger partial charge in [-0.15, -0.1) is 0 Å². The highest BCUT2D eigenvalue weighted by molar-refractivity contribution is 5.87. The van der Waals surface area contributed by atoms with Gasteiger partial charge < -0.3 is 10.1 Å². The Morgan fingerprint density at radius 3 is 3.00 bits per heavy atom. The van der Waals surface area contributed by atoms with E-state index in [1.807, 2.05) is 12.3 Å². The summed E-state index contributed by atoms with van der Waals surface area (Å²) in [6.07, 6.45) is 4.74. The molecule has 1 amide bonds. The van der Waals surface area contributed by atoms with Crippen LogP contribution >= 0.6 is 0 Å². The van der Waals surface area contributed by atoms with E-state index < -0.39 is 0 Å². The van der Waals surface area contributed by atoms with E-state index in [1.165, 1.54) is 18.1 Å². The van der Waals surface area contributed by atoms with Crippen LogP contribution < -0.4 is 10.1 Å². The van der Waals surface area contributed by atoms with Crippen molar-refractivity contribution < 1.29 is 9.53 Å². The maximum atomic E-state index is 11.2. The second-order valence-electron chi connectivity index (χ2n) is 6.65. The highest BCUT2D eigenvalue weighted by Crippen LogP contribution is 2.25. The lowest BCUT2D eigenvalue weighted by atomic mass is 10.1. The van der Waals surface area contributed by atoms with Crippen molar-refractivity contribution in [1.82, 2.24) is 14.9 Å². The smallest absolute Gasteiger partial charge is 0.222 e. The summed E-state index contributed by atoms with van der Waals surface area (Å²) in [6.45, 7) is 5.06. The molecule has 6 nitrogen and oxygen atoms in total. The fourth-order valence-corrected chi connectivity index (χ4v) is 3.47. The van der Waals surface area contributed by atoms with Crippen LogP contribution in [-0.2, 0) is 30.6 Å². The molecule has 0 atom stereocenters. The summed E-state index contributed by atoms with van der Waals surface area (Å²) >= 11 is 0. The first-order chi connectivity index (χ1) is 12.2. The number of hydrogen-bond acceptors (Lipinski definition) is 5. The normalized spacial score (nSPS) is 16.5. The largest absolute Gasteiger partial charge is 0.491 e. The summed E-state index contributed by atoms with van der Waals surface area (Å²) in [5.41, 5.74) is 4.62. The molecule has 130 valence electrons. The third-order valence-electron chi connectivity index (χ3n) is 4.72. The second-order valence-corrected chi connectivity index (χ2v) is 6.65. The Morgan fingerprint density at radius 1 is 1.24 bits per heavy atom. The van der Waals surface area contributed by atoms with Crippen molar-refractivity contribution in [2.24, 2.45) is 0 Å². The Hall–Kier alpha value is -2.47. The number of nitrogens with one attached hydrogen (secondary N) is 1. The van der Waals surface area contributed by atoms with Crippen molar-refractivity contribution in [3.05, 3.63) is 46.9 Å². The van der Waals surface area contributed by atoms with Gasteiger partial charge >= 0.3 is 0 Å². The Labute approximate surface area is 147 Å². The summed E-state index contributed by atoms with van der Waals surface area (Å²) in [6, 6.07) is 6.10. The first-order valence-corrected chi connectivity index (χ1v) is 8.77. The molecule has 2 aromatic rings. The average molecular weight is 338 g/mol. The van der Waals surface area contributed by atoms with Crippen LogP contribution in [0.1, 0.15) is 29.4 Å². The molecule has 0 unspecified atom stereocenters. The minimum Gasteiger partial charge on any atom is -0.491 e. The van der Waals surface area contributed by atoms with Crippen molar-refractivity contribution in [3.63, 3.8) is 0 Å². The number of aromatic nitrogens is 2. The number of amides is 1. The molecule has 0 saturated heterocycles. The fraction of sp³-hybridized carbons (Fsp3) is 0.421. The maximum Gasteiger partial charge on any atom is 0.222 e. The minimum atomic E-state index is -0.0889. The quantitative estimate of drug-likeness (QED) is 0.927. The van der Waals surface area contributed by atoms with Gasteiger partial charge in [0.15, 0.2) is 0 Å². The molecule has 1 N–H and O–H groups in total. The SMILES string of the molecule is CC(=O)Nc1ccc2c(n1)CCN(Cc1cnc3c(c1)OCC3)CC2. The number of pyridine rings is 2. The Morgan fingerprint density at radius 2 is 2.12 bits per heavy atom. The highest BCUT2D eigenvalue weighted by Gasteiger charge is 2.18. The van der Waals surface area contributed by atoms with Crippen LogP contribution in [-0.4, -0.2) is 40.5 Å². The molecule has 0 saturated carbocycles. The Balaban J connectivity index is 1.43. The van der Waals surface area contributed by atoms with Gasteiger partial charge in [-0.1, -0.05) is 6.07 Å². The summed E-state index contributed by atoms with van der Waals surface area (Å²) in [4.78, 5) is 22.8. The summed E-state index contributed by atoms with van der Waals surface area (Å²) in [7, 11) is 0. The number of rotatable bonds is 3. The molecule has 2 aromatic heterocycles. The zero-order valence-electron chi connectivity index (χ0n) is 14.4. The van der Waals surface area contributed by atoms with E-state index in [1.54, 1.807) is 0 Å². The number of fused-ring (bicyclic) bond motifs is 2. The fourth-order valence-electron chi connectivity index (χ4n) is 3.47. The molecular formula is C19H22N4O2. The maximum absolute atomic E-state index is 11.2. The van der Waals surface area contributed by atoms with Gasteiger partial charge in [0, 0.05) is 51.3 Å². The van der Waals surface area contributed by atoms with E-state index >= 15 is 0 Å². The molecule has 4 heterocycles. The van der Waals surface area contributed by atoms with E-state index in [-0.39, 0.29) is 5.91 Å². The van der Waals surface area contributed by atoms with E-state index in [9.17, 15) is 4.79 Å². The lowest BCUT2D eigenvalue weighted by molar-refractivity contribution is -0.114. The van der Waals surface area contributed by atoms with Crippen molar-refractivity contribution in [2.45, 2.75) is 32.7 Å². The van der Waals surface area contributed by atoms with Crippen LogP contribution in [0, 0.1) is 0 Å². The number of hydrogen-bond donors (Lipinski definition) is 1. The Kier molecular flexibility index (Phi) is 4.36. The minimum absolute atomic E-state index is 0.0889. The van der Waals surface area contributed by atoms with Gasteiger partial charge in [-0.25, -0.2) is 4.98 Å². The van der Waals surface area contributed by atoms with E-state index in [4.69, 9.17) is 4.74 Å². The molecule has 25 heavy (non-hydrogen) atoms. The molecule has 0 bridgehead atoms. The van der Waals surface area contributed by atoms with Gasteiger partial charge in [0.25, 0.3) is 0 Å². The van der Waals surface area contributed by atoms with Crippen LogP contribution in [0.2, 0.25) is 0 Å². The van der Waals surface area contributed by atoms with E-state index in [0.717, 1.165) is 62.6 Å². The molecule has 0 fully saturated rings. The van der Waals surface area contributed by atoms with Crippen LogP contribution in [0.5, 0.6) is 5.75 Å². The molecule has 4 rings (SSSR count). The molecule has 0 radical (unpaired) electrons. The van der Waals surface area contributed by atoms with Crippen LogP contribution in [0.3, 0.4) is 0 Å². The van der Waals surface area contributed by atoms with Gasteiger partial charge in [-0.2, -0.15) is 0 Å². The van der Waals surface area contributed by atoms with Crippen molar-refractivity contribution in [3.8, 4) is 5.75 Å². The van der Waals surface area contributed by atoms with Gasteiger partial charge in [-0.05, 0) is 29.7 Å².